The van der Waals surface area contributed by atoms with Gasteiger partial charge in [-0.25, -0.2) is 0 Å². The van der Waals surface area contributed by atoms with Crippen molar-refractivity contribution in [3.8, 4) is 46.0 Å². The molecule has 9 aromatic rings. The Kier molecular flexibility index (Phi) is 26.7. The summed E-state index contributed by atoms with van der Waals surface area (Å²) in [5.74, 6) is 4.74. The second-order valence-corrected chi connectivity index (χ2v) is 29.4. The lowest BCUT2D eigenvalue weighted by Crippen LogP contribution is -2.24. The number of anilines is 8. The molecule has 8 heterocycles. The number of ether oxygens (including phenoxy) is 7. The number of benzene rings is 9. The van der Waals surface area contributed by atoms with Crippen LogP contribution in [-0.4, -0.2) is 95.6 Å². The summed E-state index contributed by atoms with van der Waals surface area (Å²) in [6.45, 7) is 13.3. The zero-order valence-corrected chi connectivity index (χ0v) is 67.5. The Morgan fingerprint density at radius 1 is 0.322 bits per heavy atom. The van der Waals surface area contributed by atoms with E-state index in [4.69, 9.17) is 33.2 Å². The molecule has 8 aliphatic heterocycles. The lowest BCUT2D eigenvalue weighted by molar-refractivity contribution is -0.117. The van der Waals surface area contributed by atoms with E-state index in [2.05, 4.69) is 84.6 Å². The molecular weight excluding hydrogens is 1490 g/mol. The lowest BCUT2D eigenvalue weighted by atomic mass is 9.96. The zero-order chi connectivity index (χ0) is 81.9. The van der Waals surface area contributed by atoms with Crippen molar-refractivity contribution in [3.63, 3.8) is 0 Å². The number of amides is 4. The van der Waals surface area contributed by atoms with Crippen molar-refractivity contribution >= 4 is 69.1 Å². The van der Waals surface area contributed by atoms with Gasteiger partial charge in [0.25, 0.3) is 23.6 Å². The van der Waals surface area contributed by atoms with Crippen molar-refractivity contribution in [1.82, 2.24) is 21.3 Å². The van der Waals surface area contributed by atoms with E-state index in [0.29, 0.717) is 110 Å². The van der Waals surface area contributed by atoms with Crippen LogP contribution in [0.5, 0.6) is 46.0 Å². The highest BCUT2D eigenvalue weighted by Crippen LogP contribution is 2.47. The van der Waals surface area contributed by atoms with Crippen LogP contribution in [0.1, 0.15) is 137 Å². The van der Waals surface area contributed by atoms with E-state index in [1.807, 2.05) is 201 Å². The molecule has 0 saturated heterocycles. The predicted octanol–water partition coefficient (Wildman–Crippen LogP) is 17.0. The second kappa shape index (κ2) is 38.8. The molecule has 0 aliphatic carbocycles. The van der Waals surface area contributed by atoms with E-state index in [1.54, 1.807) is 20.3 Å². The normalized spacial score (nSPS) is 17.3. The standard InChI is InChI=1S/C25H23N3O3.C24H29N3O3.C23H27N3O3.C22H25N3O3/c1-30-22-13-17(31-15-16-7-3-2-4-8-16)11-12-18(22)24-23-21(14-26-25(23)29)27-19-9-5-6-10-20(19)28-24;1-3-4-5-8-13-30-16-11-12-17(21(14-16)29-2)23-22-20(15-25-24(22)28)26-18-9-6-7-10-19(18)27-23;1-2-3-4-7-12-29-15-10-11-16(20(27)13-15)22-21-19(14-24-23(21)28)25-17-8-5-6-9-18(17)26-22;1-3-11-28-14-9-10-15(19(12-14)27-4-2)21-20-18(13-23-22(20)26)24-16-7-5-6-8-17(16)25-21/h2-13,24,27-28H,14-15H2,1H3,(H,26,29);6-7,9-12,14,23,26-27H,3-5,8,13,15H2,1-2H3,(H,25,28);5-6,8-11,13,22,25-27H,2-4,7,12,14H2,1H3,(H,24,28);5-10,12,21,24-25H,3-4,11,13H2,1-2H3,(H,23,26). The summed E-state index contributed by atoms with van der Waals surface area (Å²) in [6, 6.07) is 63.0. The van der Waals surface area contributed by atoms with Gasteiger partial charge in [-0.2, -0.15) is 0 Å². The summed E-state index contributed by atoms with van der Waals surface area (Å²) in [7, 11) is 3.28. The average Bonchev–Trinajstić information content (AvgIpc) is 1.64. The summed E-state index contributed by atoms with van der Waals surface area (Å²) in [5.41, 5.74) is 18.0. The van der Waals surface area contributed by atoms with Gasteiger partial charge in [-0.05, 0) is 129 Å². The number of unbranched alkanes of at least 4 members (excludes halogenated alkanes) is 6. The fourth-order valence-electron chi connectivity index (χ4n) is 15.4. The Bertz CT molecular complexity index is 5260. The molecule has 0 spiro atoms. The number of aromatic hydroxyl groups is 1. The minimum atomic E-state index is -0.456. The van der Waals surface area contributed by atoms with Crippen LogP contribution < -0.4 is 97.0 Å². The van der Waals surface area contributed by atoms with Crippen LogP contribution in [0.15, 0.2) is 245 Å². The molecule has 9 aromatic carbocycles. The van der Waals surface area contributed by atoms with E-state index < -0.39 is 6.04 Å². The maximum absolute atomic E-state index is 12.7. The number of methoxy groups -OCH3 is 2. The molecule has 4 unspecified atom stereocenters. The third-order valence-electron chi connectivity index (χ3n) is 21.4. The Morgan fingerprint density at radius 3 is 1.00 bits per heavy atom. The van der Waals surface area contributed by atoms with E-state index >= 15 is 0 Å². The third kappa shape index (κ3) is 18.9. The van der Waals surface area contributed by atoms with Crippen molar-refractivity contribution < 1.29 is 57.4 Å². The van der Waals surface area contributed by atoms with Gasteiger partial charge in [-0.3, -0.25) is 19.2 Å². The Morgan fingerprint density at radius 2 is 0.644 bits per heavy atom. The lowest BCUT2D eigenvalue weighted by Gasteiger charge is -2.23. The van der Waals surface area contributed by atoms with Gasteiger partial charge in [0, 0.05) is 69.3 Å². The minimum Gasteiger partial charge on any atom is -0.507 e. The summed E-state index contributed by atoms with van der Waals surface area (Å²) in [4.78, 5) is 50.6. The number of phenolic OH excluding ortho intramolecular Hbond substituents is 1. The number of hydrogen-bond donors (Lipinski definition) is 13. The van der Waals surface area contributed by atoms with Gasteiger partial charge in [-0.1, -0.05) is 138 Å². The molecule has 0 bridgehead atoms. The summed E-state index contributed by atoms with van der Waals surface area (Å²) in [6.07, 6.45) is 10.1. The molecule has 4 amide bonds. The minimum absolute atomic E-state index is 0.0680. The maximum atomic E-state index is 12.7. The number of hydrogen-bond acceptors (Lipinski definition) is 20. The molecule has 0 aromatic heterocycles. The number of carbonyl (C=O) groups excluding carboxylic acids is 4. The summed E-state index contributed by atoms with van der Waals surface area (Å²) < 4.78 is 40.8. The first-order valence-electron chi connectivity index (χ1n) is 40.9. The molecule has 24 heteroatoms. The van der Waals surface area contributed by atoms with Crippen molar-refractivity contribution in [1.29, 1.82) is 0 Å². The summed E-state index contributed by atoms with van der Waals surface area (Å²) in [5, 5.41) is 50.0. The topological polar surface area (TPSA) is 297 Å². The Balaban J connectivity index is 0.000000129. The molecule has 0 fully saturated rings. The largest absolute Gasteiger partial charge is 0.507 e. The fourth-order valence-corrected chi connectivity index (χ4v) is 15.4. The monoisotopic (exact) mass is 1590 g/mol. The number of nitrogens with one attached hydrogen (secondary N) is 12. The van der Waals surface area contributed by atoms with Crippen molar-refractivity contribution in [2.24, 2.45) is 0 Å². The zero-order valence-electron chi connectivity index (χ0n) is 67.5. The predicted molar refractivity (Wildman–Crippen MR) is 463 cm³/mol. The molecule has 612 valence electrons. The molecule has 24 nitrogen and oxygen atoms in total. The molecular formula is C94H104N12O12. The molecule has 118 heavy (non-hydrogen) atoms. The van der Waals surface area contributed by atoms with E-state index in [-0.39, 0.29) is 47.5 Å². The number of para-hydroxylation sites is 8. The van der Waals surface area contributed by atoms with Crippen LogP contribution >= 0.6 is 0 Å². The maximum Gasteiger partial charge on any atom is 0.251 e. The van der Waals surface area contributed by atoms with Crippen LogP contribution in [0.4, 0.5) is 45.5 Å². The number of fused-ring (bicyclic) bond motifs is 4. The smallest absolute Gasteiger partial charge is 0.251 e. The van der Waals surface area contributed by atoms with Crippen LogP contribution in [0, 0.1) is 0 Å². The van der Waals surface area contributed by atoms with Gasteiger partial charge in [-0.15, -0.1) is 0 Å². The van der Waals surface area contributed by atoms with Gasteiger partial charge in [0.15, 0.2) is 0 Å². The molecule has 0 saturated carbocycles. The molecule has 8 aliphatic rings. The number of carbonyl (C=O) groups is 4. The van der Waals surface area contributed by atoms with Gasteiger partial charge < -0.3 is 102 Å². The Labute approximate surface area is 689 Å². The first kappa shape index (κ1) is 81.2. The van der Waals surface area contributed by atoms with Crippen LogP contribution in [-0.2, 0) is 25.8 Å². The Hall–Kier alpha value is -13.4. The van der Waals surface area contributed by atoms with Gasteiger partial charge in [0.05, 0.1) is 159 Å². The highest BCUT2D eigenvalue weighted by atomic mass is 16.5. The van der Waals surface area contributed by atoms with E-state index in [0.717, 1.165) is 133 Å². The van der Waals surface area contributed by atoms with Gasteiger partial charge in [0.2, 0.25) is 0 Å². The van der Waals surface area contributed by atoms with Crippen molar-refractivity contribution in [2.75, 3.05) is 109 Å². The molecule has 17 rings (SSSR count). The van der Waals surface area contributed by atoms with Crippen LogP contribution in [0.25, 0.3) is 0 Å². The van der Waals surface area contributed by atoms with E-state index in [1.165, 1.54) is 32.1 Å². The third-order valence-corrected chi connectivity index (χ3v) is 21.4. The average molecular weight is 1590 g/mol. The van der Waals surface area contributed by atoms with E-state index in [9.17, 15) is 24.3 Å². The fraction of sp³-hybridized carbons (Fsp3) is 0.298. The van der Waals surface area contributed by atoms with Crippen LogP contribution in [0.3, 0.4) is 0 Å². The van der Waals surface area contributed by atoms with Crippen LogP contribution in [0.2, 0.25) is 0 Å². The highest BCUT2D eigenvalue weighted by Gasteiger charge is 2.40. The number of rotatable bonds is 26. The SMILES string of the molecule is CCCCCCOc1ccc(C2Nc3ccccc3NC3=C2C(=O)NC3)c(O)c1.CCCCCCOc1ccc(C2Nc3ccccc3NC3=C2C(=O)NC3)c(OC)c1.CCCOc1ccc(C2Nc3ccccc3NC3=C2C(=O)NC3)c(OCC)c1.COc1cc(OCc2ccccc2)ccc1C1Nc2ccccc2NC2=C1C(=O)NC2. The first-order chi connectivity index (χ1) is 57.8. The second-order valence-electron chi connectivity index (χ2n) is 29.4. The molecule has 13 N–H and O–H groups in total. The van der Waals surface area contributed by atoms with Gasteiger partial charge in [0.1, 0.15) is 52.6 Å². The quantitative estimate of drug-likeness (QED) is 0.0224. The van der Waals surface area contributed by atoms with Crippen molar-refractivity contribution in [3.05, 3.63) is 273 Å². The first-order valence-corrected chi connectivity index (χ1v) is 40.9. The highest BCUT2D eigenvalue weighted by molar-refractivity contribution is 6.04. The van der Waals surface area contributed by atoms with Gasteiger partial charge >= 0.3 is 0 Å². The molecule has 0 radical (unpaired) electrons. The molecule has 4 atom stereocenters. The van der Waals surface area contributed by atoms with Crippen molar-refractivity contribution in [2.45, 2.75) is 116 Å². The summed E-state index contributed by atoms with van der Waals surface area (Å²) >= 11 is 0. The number of phenols is 1.